The molecule has 0 aliphatic rings. The largest absolute Gasteiger partial charge is 0.256 e. The molecule has 162 valence electrons. The van der Waals surface area contributed by atoms with Crippen molar-refractivity contribution in [3.63, 3.8) is 0 Å². The van der Waals surface area contributed by atoms with Crippen LogP contribution in [-0.4, -0.2) is 4.98 Å². The second kappa shape index (κ2) is 7.11. The molecule has 0 radical (unpaired) electrons. The summed E-state index contributed by atoms with van der Waals surface area (Å²) >= 11 is 1.88. The predicted octanol–water partition coefficient (Wildman–Crippen LogP) is 9.73. The van der Waals surface area contributed by atoms with Crippen molar-refractivity contribution in [1.82, 2.24) is 4.98 Å². The van der Waals surface area contributed by atoms with Gasteiger partial charge in [0, 0.05) is 37.1 Å². The van der Waals surface area contributed by atoms with E-state index in [0.717, 1.165) is 5.52 Å². The Morgan fingerprint density at radius 3 is 2.03 bits per heavy atom. The number of thiophene rings is 1. The summed E-state index contributed by atoms with van der Waals surface area (Å²) in [6.45, 7) is 0. The van der Waals surface area contributed by atoms with Gasteiger partial charge in [-0.2, -0.15) is 0 Å². The molecule has 0 amide bonds. The minimum absolute atomic E-state index is 1.07. The third-order valence-corrected chi connectivity index (χ3v) is 8.42. The van der Waals surface area contributed by atoms with Crippen LogP contribution in [0.25, 0.3) is 74.5 Å². The number of hydrogen-bond donors (Lipinski definition) is 0. The van der Waals surface area contributed by atoms with Crippen LogP contribution in [0.3, 0.4) is 0 Å². The van der Waals surface area contributed by atoms with Crippen molar-refractivity contribution >= 4 is 74.7 Å². The highest BCUT2D eigenvalue weighted by Crippen LogP contribution is 2.43. The molecule has 0 aliphatic carbocycles. The molecule has 0 aliphatic heterocycles. The lowest BCUT2D eigenvalue weighted by Crippen LogP contribution is -1.89. The molecule has 8 rings (SSSR count). The Labute approximate surface area is 205 Å². The third-order valence-electron chi connectivity index (χ3n) is 7.28. The Kier molecular flexibility index (Phi) is 3.88. The summed E-state index contributed by atoms with van der Waals surface area (Å²) in [6.07, 6.45) is 1.90. The molecule has 0 saturated heterocycles. The van der Waals surface area contributed by atoms with Crippen LogP contribution < -0.4 is 0 Å². The first kappa shape index (κ1) is 19.1. The van der Waals surface area contributed by atoms with Crippen molar-refractivity contribution in [3.8, 4) is 11.1 Å². The van der Waals surface area contributed by atoms with Crippen LogP contribution in [0, 0.1) is 0 Å². The van der Waals surface area contributed by atoms with Crippen molar-refractivity contribution in [2.75, 3.05) is 0 Å². The fourth-order valence-corrected chi connectivity index (χ4v) is 6.90. The number of hydrogen-bond acceptors (Lipinski definition) is 2. The van der Waals surface area contributed by atoms with Crippen molar-refractivity contribution < 1.29 is 0 Å². The normalized spacial score (nSPS) is 12.0. The zero-order valence-electron chi connectivity index (χ0n) is 18.8. The molecule has 8 aromatic rings. The molecule has 0 unspecified atom stereocenters. The molecule has 2 heteroatoms. The summed E-state index contributed by atoms with van der Waals surface area (Å²) in [4.78, 5) is 4.80. The van der Waals surface area contributed by atoms with Crippen LogP contribution in [0.2, 0.25) is 0 Å². The molecule has 2 heterocycles. The van der Waals surface area contributed by atoms with Crippen LogP contribution >= 0.6 is 11.3 Å². The lowest BCUT2D eigenvalue weighted by Gasteiger charge is -2.15. The fourth-order valence-electron chi connectivity index (χ4n) is 5.76. The predicted molar refractivity (Wildman–Crippen MR) is 153 cm³/mol. The first-order chi connectivity index (χ1) is 17.4. The molecular weight excluding hydrogens is 442 g/mol. The van der Waals surface area contributed by atoms with Crippen LogP contribution in [0.15, 0.2) is 115 Å². The number of fused-ring (bicyclic) bond motifs is 11. The lowest BCUT2D eigenvalue weighted by molar-refractivity contribution is 1.43. The molecular formula is C33H19NS. The fraction of sp³-hybridized carbons (Fsp3) is 0. The average Bonchev–Trinajstić information content (AvgIpc) is 3.30. The lowest BCUT2D eigenvalue weighted by atomic mass is 9.88. The van der Waals surface area contributed by atoms with Crippen LogP contribution in [0.5, 0.6) is 0 Å². The smallest absolute Gasteiger partial charge is 0.0786 e. The Hall–Kier alpha value is -4.27. The van der Waals surface area contributed by atoms with Crippen LogP contribution in [0.1, 0.15) is 0 Å². The molecule has 0 spiro atoms. The molecule has 0 fully saturated rings. The summed E-state index contributed by atoms with van der Waals surface area (Å²) in [6, 6.07) is 39.8. The van der Waals surface area contributed by atoms with Crippen molar-refractivity contribution in [2.24, 2.45) is 0 Å². The summed E-state index contributed by atoms with van der Waals surface area (Å²) < 4.78 is 2.67. The number of nitrogens with zero attached hydrogens (tertiary/aromatic N) is 1. The zero-order valence-corrected chi connectivity index (χ0v) is 19.6. The summed E-state index contributed by atoms with van der Waals surface area (Å²) in [5.74, 6) is 0. The van der Waals surface area contributed by atoms with Crippen molar-refractivity contribution in [3.05, 3.63) is 115 Å². The van der Waals surface area contributed by atoms with Gasteiger partial charge in [-0.15, -0.1) is 11.3 Å². The highest BCUT2D eigenvalue weighted by molar-refractivity contribution is 7.25. The molecule has 2 aromatic heterocycles. The maximum absolute atomic E-state index is 4.80. The second-order valence-corrected chi connectivity index (χ2v) is 10.2. The van der Waals surface area contributed by atoms with Crippen LogP contribution in [-0.2, 0) is 0 Å². The van der Waals surface area contributed by atoms with Gasteiger partial charge in [-0.3, -0.25) is 4.98 Å². The van der Waals surface area contributed by atoms with E-state index in [2.05, 4.69) is 109 Å². The van der Waals surface area contributed by atoms with E-state index < -0.39 is 0 Å². The quantitative estimate of drug-likeness (QED) is 0.222. The Balaban J connectivity index is 1.55. The van der Waals surface area contributed by atoms with E-state index in [1.165, 1.54) is 69.0 Å². The number of aromatic nitrogens is 1. The topological polar surface area (TPSA) is 12.9 Å². The monoisotopic (exact) mass is 461 g/mol. The van der Waals surface area contributed by atoms with Gasteiger partial charge in [-0.05, 0) is 62.3 Å². The van der Waals surface area contributed by atoms with Crippen molar-refractivity contribution in [2.45, 2.75) is 0 Å². The van der Waals surface area contributed by atoms with E-state index in [4.69, 9.17) is 4.98 Å². The number of benzene rings is 6. The molecule has 0 saturated carbocycles. The van der Waals surface area contributed by atoms with E-state index in [9.17, 15) is 0 Å². The maximum Gasteiger partial charge on any atom is 0.0786 e. The number of pyridine rings is 1. The molecule has 6 aromatic carbocycles. The molecule has 1 nitrogen and oxygen atoms in total. The number of rotatable bonds is 1. The first-order valence-electron chi connectivity index (χ1n) is 11.9. The van der Waals surface area contributed by atoms with E-state index >= 15 is 0 Å². The van der Waals surface area contributed by atoms with Gasteiger partial charge >= 0.3 is 0 Å². The van der Waals surface area contributed by atoms with E-state index in [0.29, 0.717) is 0 Å². The van der Waals surface area contributed by atoms with Gasteiger partial charge in [0.05, 0.1) is 5.52 Å². The minimum atomic E-state index is 1.07. The molecule has 35 heavy (non-hydrogen) atoms. The van der Waals surface area contributed by atoms with Gasteiger partial charge in [0.15, 0.2) is 0 Å². The third kappa shape index (κ3) is 2.66. The Morgan fingerprint density at radius 1 is 0.457 bits per heavy atom. The summed E-state index contributed by atoms with van der Waals surface area (Å²) in [5.41, 5.74) is 3.61. The first-order valence-corrected chi connectivity index (χ1v) is 12.7. The average molecular weight is 462 g/mol. The standard InChI is InChI=1S/C33H19NS/c1-3-11-25-21(8-1)28(20-15-16-24-23-10-5-6-14-30(23)35-31(24)18-20)19-29-22-9-2-4-12-26(22)33-27(32(25)29)13-7-17-34-33/h1-19H. The SMILES string of the molecule is c1ccc2c(c1)sc1cc(-c3cc4c5ccccc5c5ncccc5c4c4ccccc34)ccc12. The zero-order chi connectivity index (χ0) is 22.9. The Morgan fingerprint density at radius 2 is 1.14 bits per heavy atom. The summed E-state index contributed by atoms with van der Waals surface area (Å²) in [5, 5.41) is 11.5. The minimum Gasteiger partial charge on any atom is -0.256 e. The maximum atomic E-state index is 4.80. The van der Waals surface area contributed by atoms with Crippen LogP contribution in [0.4, 0.5) is 0 Å². The highest BCUT2D eigenvalue weighted by Gasteiger charge is 2.16. The summed E-state index contributed by atoms with van der Waals surface area (Å²) in [7, 11) is 0. The van der Waals surface area contributed by atoms with E-state index in [-0.39, 0.29) is 0 Å². The Bertz CT molecular complexity index is 2120. The van der Waals surface area contributed by atoms with Gasteiger partial charge < -0.3 is 0 Å². The molecule has 0 bridgehead atoms. The van der Waals surface area contributed by atoms with Gasteiger partial charge in [-0.25, -0.2) is 0 Å². The second-order valence-electron chi connectivity index (χ2n) is 9.15. The highest BCUT2D eigenvalue weighted by atomic mass is 32.1. The van der Waals surface area contributed by atoms with Crippen molar-refractivity contribution in [1.29, 1.82) is 0 Å². The van der Waals surface area contributed by atoms with E-state index in [1.807, 2.05) is 17.5 Å². The van der Waals surface area contributed by atoms with Gasteiger partial charge in [0.2, 0.25) is 0 Å². The van der Waals surface area contributed by atoms with E-state index in [1.54, 1.807) is 0 Å². The van der Waals surface area contributed by atoms with Gasteiger partial charge in [0.25, 0.3) is 0 Å². The van der Waals surface area contributed by atoms with Gasteiger partial charge in [0.1, 0.15) is 0 Å². The van der Waals surface area contributed by atoms with Gasteiger partial charge in [-0.1, -0.05) is 84.9 Å². The molecule has 0 N–H and O–H groups in total. The molecule has 0 atom stereocenters.